The summed E-state index contributed by atoms with van der Waals surface area (Å²) in [6, 6.07) is 0.420. The molecule has 0 aromatic carbocycles. The van der Waals surface area contributed by atoms with E-state index in [1.807, 2.05) is 11.8 Å². The molecule has 4 nitrogen and oxygen atoms in total. The van der Waals surface area contributed by atoms with Crippen LogP contribution in [0.2, 0.25) is 0 Å². The first-order valence-electron chi connectivity index (χ1n) is 6.16. The van der Waals surface area contributed by atoms with Gasteiger partial charge in [-0.3, -0.25) is 4.79 Å². The van der Waals surface area contributed by atoms with E-state index in [2.05, 4.69) is 12.2 Å². The van der Waals surface area contributed by atoms with Crippen molar-refractivity contribution in [2.24, 2.45) is 5.92 Å². The summed E-state index contributed by atoms with van der Waals surface area (Å²) in [6.07, 6.45) is 1.88. The van der Waals surface area contributed by atoms with Gasteiger partial charge in [0.2, 0.25) is 5.91 Å². The predicted octanol–water partition coefficient (Wildman–Crippen LogP) is 0.869. The van der Waals surface area contributed by atoms with Gasteiger partial charge in [0, 0.05) is 45.3 Å². The molecule has 0 spiro atoms. The van der Waals surface area contributed by atoms with Gasteiger partial charge in [-0.2, -0.15) is 0 Å². The highest BCUT2D eigenvalue weighted by Crippen LogP contribution is 2.11. The van der Waals surface area contributed by atoms with E-state index in [0.717, 1.165) is 39.1 Å². The number of carbonyl (C=O) groups is 1. The lowest BCUT2D eigenvalue weighted by Crippen LogP contribution is -2.52. The van der Waals surface area contributed by atoms with Gasteiger partial charge in [0.25, 0.3) is 0 Å². The van der Waals surface area contributed by atoms with Gasteiger partial charge in [-0.1, -0.05) is 6.92 Å². The van der Waals surface area contributed by atoms with E-state index in [1.165, 1.54) is 0 Å². The van der Waals surface area contributed by atoms with Crippen LogP contribution in [0.5, 0.6) is 0 Å². The van der Waals surface area contributed by atoms with Crippen molar-refractivity contribution in [1.82, 2.24) is 10.2 Å². The van der Waals surface area contributed by atoms with Crippen LogP contribution in [-0.2, 0) is 9.53 Å². The third-order valence-corrected chi connectivity index (χ3v) is 3.09. The monoisotopic (exact) mass is 228 g/mol. The van der Waals surface area contributed by atoms with Gasteiger partial charge in [0.1, 0.15) is 0 Å². The average Bonchev–Trinajstić information content (AvgIpc) is 2.28. The molecule has 0 radical (unpaired) electrons. The van der Waals surface area contributed by atoms with E-state index in [1.54, 1.807) is 7.11 Å². The lowest BCUT2D eigenvalue weighted by molar-refractivity contribution is -0.136. The Hall–Kier alpha value is -0.610. The van der Waals surface area contributed by atoms with Crippen molar-refractivity contribution in [2.45, 2.75) is 32.7 Å². The minimum absolute atomic E-state index is 0.125. The van der Waals surface area contributed by atoms with Gasteiger partial charge in [0.05, 0.1) is 0 Å². The largest absolute Gasteiger partial charge is 0.385 e. The van der Waals surface area contributed by atoms with Gasteiger partial charge in [0.15, 0.2) is 0 Å². The van der Waals surface area contributed by atoms with E-state index in [0.29, 0.717) is 11.9 Å². The minimum atomic E-state index is 0.125. The Morgan fingerprint density at radius 3 is 3.00 bits per heavy atom. The summed E-state index contributed by atoms with van der Waals surface area (Å²) < 4.78 is 5.00. The number of hydrogen-bond acceptors (Lipinski definition) is 3. The minimum Gasteiger partial charge on any atom is -0.385 e. The zero-order valence-electron chi connectivity index (χ0n) is 10.7. The van der Waals surface area contributed by atoms with E-state index in [4.69, 9.17) is 4.74 Å². The first-order chi connectivity index (χ1) is 7.65. The van der Waals surface area contributed by atoms with E-state index in [-0.39, 0.29) is 5.92 Å². The number of hydrogen-bond donors (Lipinski definition) is 1. The van der Waals surface area contributed by atoms with Crippen molar-refractivity contribution in [3.8, 4) is 0 Å². The molecule has 1 unspecified atom stereocenters. The van der Waals surface area contributed by atoms with Gasteiger partial charge >= 0.3 is 0 Å². The predicted molar refractivity (Wildman–Crippen MR) is 64.3 cm³/mol. The van der Waals surface area contributed by atoms with Crippen molar-refractivity contribution in [3.05, 3.63) is 0 Å². The fourth-order valence-electron chi connectivity index (χ4n) is 2.10. The molecule has 16 heavy (non-hydrogen) atoms. The maximum absolute atomic E-state index is 12.1. The van der Waals surface area contributed by atoms with Gasteiger partial charge < -0.3 is 15.0 Å². The van der Waals surface area contributed by atoms with Crippen LogP contribution in [0.15, 0.2) is 0 Å². The molecule has 0 bridgehead atoms. The highest BCUT2D eigenvalue weighted by molar-refractivity contribution is 5.78. The van der Waals surface area contributed by atoms with Gasteiger partial charge in [-0.05, 0) is 19.8 Å². The van der Waals surface area contributed by atoms with Crippen LogP contribution in [-0.4, -0.2) is 50.2 Å². The number of carbonyl (C=O) groups excluding carboxylic acids is 1. The molecule has 4 heteroatoms. The fraction of sp³-hybridized carbons (Fsp3) is 0.917. The molecule has 1 rings (SSSR count). The molecule has 0 aliphatic carbocycles. The Kier molecular flexibility index (Phi) is 5.77. The zero-order valence-corrected chi connectivity index (χ0v) is 10.7. The van der Waals surface area contributed by atoms with Crippen molar-refractivity contribution >= 4 is 5.91 Å². The maximum atomic E-state index is 12.1. The first kappa shape index (κ1) is 13.5. The quantitative estimate of drug-likeness (QED) is 0.710. The second-order valence-corrected chi connectivity index (χ2v) is 4.68. The van der Waals surface area contributed by atoms with Crippen molar-refractivity contribution < 1.29 is 9.53 Å². The summed E-state index contributed by atoms with van der Waals surface area (Å²) in [7, 11) is 1.70. The topological polar surface area (TPSA) is 41.6 Å². The number of amides is 1. The van der Waals surface area contributed by atoms with Crippen LogP contribution in [0.3, 0.4) is 0 Å². The van der Waals surface area contributed by atoms with Gasteiger partial charge in [-0.15, -0.1) is 0 Å². The number of nitrogens with one attached hydrogen (secondary N) is 1. The number of nitrogens with zero attached hydrogens (tertiary/aromatic N) is 1. The molecule has 0 saturated carbocycles. The molecule has 1 heterocycles. The number of piperazine rings is 1. The molecular weight excluding hydrogens is 204 g/mol. The summed E-state index contributed by atoms with van der Waals surface area (Å²) in [5, 5.41) is 3.34. The fourth-order valence-corrected chi connectivity index (χ4v) is 2.10. The normalized spacial score (nSPS) is 23.2. The van der Waals surface area contributed by atoms with Crippen LogP contribution < -0.4 is 5.32 Å². The third-order valence-electron chi connectivity index (χ3n) is 3.09. The summed E-state index contributed by atoms with van der Waals surface area (Å²) in [6.45, 7) is 7.48. The van der Waals surface area contributed by atoms with E-state index in [9.17, 15) is 4.79 Å². The lowest BCUT2D eigenvalue weighted by atomic mass is 10.0. The molecular formula is C12H24N2O2. The van der Waals surface area contributed by atoms with E-state index < -0.39 is 0 Å². The Balaban J connectivity index is 2.31. The standard InChI is InChI=1S/C12H24N2O2/c1-10(5-4-8-16-3)12(15)14-7-6-13-11(2)9-14/h10-11,13H,4-9H2,1-3H3/t10?,11-/m1/s1. The Morgan fingerprint density at radius 2 is 2.38 bits per heavy atom. The zero-order chi connectivity index (χ0) is 12.0. The van der Waals surface area contributed by atoms with Gasteiger partial charge in [-0.25, -0.2) is 0 Å². The molecule has 0 aromatic heterocycles. The van der Waals surface area contributed by atoms with Crippen LogP contribution in [0.25, 0.3) is 0 Å². The van der Waals surface area contributed by atoms with E-state index >= 15 is 0 Å². The molecule has 1 fully saturated rings. The first-order valence-corrected chi connectivity index (χ1v) is 6.16. The summed E-state index contributed by atoms with van der Waals surface area (Å²) in [5.74, 6) is 0.421. The number of methoxy groups -OCH3 is 1. The Labute approximate surface area is 98.3 Å². The molecule has 2 atom stereocenters. The van der Waals surface area contributed by atoms with Crippen LogP contribution in [0.1, 0.15) is 26.7 Å². The third kappa shape index (κ3) is 4.10. The summed E-state index contributed by atoms with van der Waals surface area (Å²) in [5.41, 5.74) is 0. The second-order valence-electron chi connectivity index (χ2n) is 4.68. The molecule has 94 valence electrons. The molecule has 0 aromatic rings. The van der Waals surface area contributed by atoms with Crippen molar-refractivity contribution in [2.75, 3.05) is 33.4 Å². The molecule has 1 amide bonds. The number of ether oxygens (including phenoxy) is 1. The highest BCUT2D eigenvalue weighted by atomic mass is 16.5. The molecule has 1 N–H and O–H groups in total. The molecule has 1 aliphatic heterocycles. The Bertz CT molecular complexity index is 221. The SMILES string of the molecule is COCCCC(C)C(=O)N1CCN[C@H](C)C1. The van der Waals surface area contributed by atoms with Crippen LogP contribution in [0, 0.1) is 5.92 Å². The Morgan fingerprint density at radius 1 is 1.62 bits per heavy atom. The highest BCUT2D eigenvalue weighted by Gasteiger charge is 2.24. The smallest absolute Gasteiger partial charge is 0.225 e. The summed E-state index contributed by atoms with van der Waals surface area (Å²) >= 11 is 0. The molecule has 1 saturated heterocycles. The van der Waals surface area contributed by atoms with Crippen molar-refractivity contribution in [1.29, 1.82) is 0 Å². The lowest BCUT2D eigenvalue weighted by Gasteiger charge is -2.33. The van der Waals surface area contributed by atoms with Crippen LogP contribution >= 0.6 is 0 Å². The van der Waals surface area contributed by atoms with Crippen LogP contribution in [0.4, 0.5) is 0 Å². The summed E-state index contributed by atoms with van der Waals surface area (Å²) in [4.78, 5) is 14.1. The van der Waals surface area contributed by atoms with Crippen molar-refractivity contribution in [3.63, 3.8) is 0 Å². The second kappa shape index (κ2) is 6.86. The average molecular weight is 228 g/mol. The maximum Gasteiger partial charge on any atom is 0.225 e. The number of rotatable bonds is 5. The molecule has 1 aliphatic rings.